The zero-order chi connectivity index (χ0) is 19.0. The highest BCUT2D eigenvalue weighted by Crippen LogP contribution is 2.26. The predicted molar refractivity (Wildman–Crippen MR) is 107 cm³/mol. The molecule has 2 fully saturated rings. The molecule has 0 aliphatic carbocycles. The number of carbonyl (C=O) groups is 1. The van der Waals surface area contributed by atoms with Gasteiger partial charge in [0.1, 0.15) is 5.01 Å². The summed E-state index contributed by atoms with van der Waals surface area (Å²) in [5, 5.41) is 8.75. The standard InChI is InChI=1S/C19H30N6OS/c1-13(2)18-16(25-19(21-18)27-14(3)22-25)12-23-8-10-24(11-9-23)15-4-5-17(26)20-7-6-15/h13,15H,4-12H2,1-3H3,(H,20,26). The number of amides is 1. The number of nitrogens with zero attached hydrogens (tertiary/aromatic N) is 5. The molecule has 27 heavy (non-hydrogen) atoms. The van der Waals surface area contributed by atoms with Crippen LogP contribution in [0, 0.1) is 6.92 Å². The van der Waals surface area contributed by atoms with Crippen molar-refractivity contribution in [1.29, 1.82) is 0 Å². The number of rotatable bonds is 4. The molecule has 148 valence electrons. The second-order valence-electron chi connectivity index (χ2n) is 8.06. The van der Waals surface area contributed by atoms with Gasteiger partial charge in [0.25, 0.3) is 0 Å². The van der Waals surface area contributed by atoms with Crippen molar-refractivity contribution in [2.75, 3.05) is 32.7 Å². The molecule has 1 N–H and O–H groups in total. The molecule has 7 nitrogen and oxygen atoms in total. The van der Waals surface area contributed by atoms with Crippen molar-refractivity contribution in [3.05, 3.63) is 16.4 Å². The van der Waals surface area contributed by atoms with Gasteiger partial charge in [-0.15, -0.1) is 0 Å². The number of hydrogen-bond acceptors (Lipinski definition) is 6. The number of imidazole rings is 1. The van der Waals surface area contributed by atoms with Crippen LogP contribution in [0.2, 0.25) is 0 Å². The van der Waals surface area contributed by atoms with Crippen molar-refractivity contribution in [3.8, 4) is 0 Å². The Hall–Kier alpha value is -1.51. The first-order valence-electron chi connectivity index (χ1n) is 10.1. The first-order valence-corrected chi connectivity index (χ1v) is 10.9. The maximum Gasteiger partial charge on any atom is 0.220 e. The lowest BCUT2D eigenvalue weighted by molar-refractivity contribution is -0.120. The molecule has 0 spiro atoms. The Morgan fingerprint density at radius 2 is 2.00 bits per heavy atom. The van der Waals surface area contributed by atoms with Crippen LogP contribution >= 0.6 is 11.3 Å². The third-order valence-corrected chi connectivity index (χ3v) is 6.60. The summed E-state index contributed by atoms with van der Waals surface area (Å²) in [4.78, 5) is 22.6. The number of carbonyl (C=O) groups excluding carboxylic acids is 1. The predicted octanol–water partition coefficient (Wildman–Crippen LogP) is 2.01. The number of aromatic nitrogens is 3. The van der Waals surface area contributed by atoms with Gasteiger partial charge >= 0.3 is 0 Å². The van der Waals surface area contributed by atoms with Gasteiger partial charge in [-0.25, -0.2) is 9.50 Å². The first kappa shape index (κ1) is 18.8. The van der Waals surface area contributed by atoms with Gasteiger partial charge in [0.15, 0.2) is 0 Å². The minimum absolute atomic E-state index is 0.209. The summed E-state index contributed by atoms with van der Waals surface area (Å²) < 4.78 is 2.06. The van der Waals surface area contributed by atoms with Gasteiger partial charge in [-0.1, -0.05) is 25.2 Å². The molecule has 1 unspecified atom stereocenters. The highest BCUT2D eigenvalue weighted by molar-refractivity contribution is 7.16. The Morgan fingerprint density at radius 3 is 2.74 bits per heavy atom. The molecule has 2 aliphatic rings. The summed E-state index contributed by atoms with van der Waals surface area (Å²) >= 11 is 1.67. The second-order valence-corrected chi connectivity index (χ2v) is 9.22. The van der Waals surface area contributed by atoms with E-state index in [9.17, 15) is 4.79 Å². The summed E-state index contributed by atoms with van der Waals surface area (Å²) in [7, 11) is 0. The van der Waals surface area contributed by atoms with E-state index >= 15 is 0 Å². The van der Waals surface area contributed by atoms with Crippen LogP contribution in [0.4, 0.5) is 0 Å². The van der Waals surface area contributed by atoms with Gasteiger partial charge in [0.05, 0.1) is 11.4 Å². The second kappa shape index (κ2) is 7.85. The minimum atomic E-state index is 0.209. The van der Waals surface area contributed by atoms with Crippen molar-refractivity contribution in [3.63, 3.8) is 0 Å². The van der Waals surface area contributed by atoms with Gasteiger partial charge in [-0.3, -0.25) is 14.6 Å². The van der Waals surface area contributed by atoms with Crippen molar-refractivity contribution in [1.82, 2.24) is 29.7 Å². The summed E-state index contributed by atoms with van der Waals surface area (Å²) in [6.45, 7) is 12.5. The molecule has 2 aliphatic heterocycles. The molecule has 0 aromatic carbocycles. The van der Waals surface area contributed by atoms with Crippen molar-refractivity contribution < 1.29 is 4.79 Å². The zero-order valence-electron chi connectivity index (χ0n) is 16.6. The van der Waals surface area contributed by atoms with Crippen LogP contribution < -0.4 is 5.32 Å². The molecule has 8 heteroatoms. The van der Waals surface area contributed by atoms with Gasteiger partial charge in [-0.05, 0) is 25.7 Å². The number of aryl methyl sites for hydroxylation is 1. The van der Waals surface area contributed by atoms with E-state index in [4.69, 9.17) is 4.98 Å². The van der Waals surface area contributed by atoms with Crippen LogP contribution in [-0.2, 0) is 11.3 Å². The third-order valence-electron chi connectivity index (χ3n) is 5.78. The quantitative estimate of drug-likeness (QED) is 0.865. The van der Waals surface area contributed by atoms with E-state index in [1.54, 1.807) is 11.3 Å². The lowest BCUT2D eigenvalue weighted by Crippen LogP contribution is -2.50. The van der Waals surface area contributed by atoms with Crippen LogP contribution in [0.1, 0.15) is 55.4 Å². The van der Waals surface area contributed by atoms with Crippen LogP contribution in [-0.4, -0.2) is 69.1 Å². The van der Waals surface area contributed by atoms with E-state index in [0.29, 0.717) is 18.4 Å². The van der Waals surface area contributed by atoms with E-state index in [1.165, 1.54) is 11.4 Å². The summed E-state index contributed by atoms with van der Waals surface area (Å²) in [5.41, 5.74) is 2.44. The van der Waals surface area contributed by atoms with E-state index in [0.717, 1.165) is 62.1 Å². The fraction of sp³-hybridized carbons (Fsp3) is 0.737. The molecule has 0 radical (unpaired) electrons. The SMILES string of the molecule is Cc1nn2c(CN3CCN(C4CCNC(=O)CC4)CC3)c(C(C)C)nc2s1. The topological polar surface area (TPSA) is 65.8 Å². The van der Waals surface area contributed by atoms with Gasteiger partial charge in [0, 0.05) is 51.7 Å². The lowest BCUT2D eigenvalue weighted by Gasteiger charge is -2.39. The fourth-order valence-corrected chi connectivity index (χ4v) is 5.05. The van der Waals surface area contributed by atoms with Crippen molar-refractivity contribution in [2.24, 2.45) is 0 Å². The lowest BCUT2D eigenvalue weighted by atomic mass is 10.1. The molecule has 4 rings (SSSR count). The van der Waals surface area contributed by atoms with Gasteiger partial charge in [0.2, 0.25) is 10.9 Å². The maximum absolute atomic E-state index is 11.6. The molecular formula is C19H30N6OS. The van der Waals surface area contributed by atoms with E-state index in [-0.39, 0.29) is 5.91 Å². The van der Waals surface area contributed by atoms with Crippen molar-refractivity contribution >= 4 is 22.2 Å². The van der Waals surface area contributed by atoms with Crippen LogP contribution in [0.5, 0.6) is 0 Å². The van der Waals surface area contributed by atoms with E-state index in [2.05, 4.69) is 38.6 Å². The Labute approximate surface area is 164 Å². The summed E-state index contributed by atoms with van der Waals surface area (Å²) in [6, 6.07) is 0.542. The number of fused-ring (bicyclic) bond motifs is 1. The summed E-state index contributed by atoms with van der Waals surface area (Å²) in [5.74, 6) is 0.618. The van der Waals surface area contributed by atoms with Crippen LogP contribution in [0.3, 0.4) is 0 Å². The largest absolute Gasteiger partial charge is 0.356 e. The maximum atomic E-state index is 11.6. The molecule has 2 saturated heterocycles. The molecule has 1 atom stereocenters. The third kappa shape index (κ3) is 4.02. The average Bonchev–Trinajstić information content (AvgIpc) is 3.06. The molecule has 2 aromatic heterocycles. The monoisotopic (exact) mass is 390 g/mol. The van der Waals surface area contributed by atoms with Crippen LogP contribution in [0.25, 0.3) is 4.96 Å². The Morgan fingerprint density at radius 1 is 1.22 bits per heavy atom. The molecule has 0 bridgehead atoms. The average molecular weight is 391 g/mol. The Balaban J connectivity index is 1.41. The van der Waals surface area contributed by atoms with E-state index < -0.39 is 0 Å². The van der Waals surface area contributed by atoms with Gasteiger partial charge < -0.3 is 5.32 Å². The highest BCUT2D eigenvalue weighted by Gasteiger charge is 2.27. The fourth-order valence-electron chi connectivity index (χ4n) is 4.28. The smallest absolute Gasteiger partial charge is 0.220 e. The van der Waals surface area contributed by atoms with Crippen LogP contribution in [0.15, 0.2) is 0 Å². The number of piperazine rings is 1. The normalized spacial score (nSPS) is 23.1. The first-order chi connectivity index (χ1) is 13.0. The Bertz CT molecular complexity index is 805. The molecule has 4 heterocycles. The summed E-state index contributed by atoms with van der Waals surface area (Å²) in [6.07, 6.45) is 2.73. The van der Waals surface area contributed by atoms with Crippen molar-refractivity contribution in [2.45, 2.75) is 58.5 Å². The van der Waals surface area contributed by atoms with Gasteiger partial charge in [-0.2, -0.15) is 5.10 Å². The minimum Gasteiger partial charge on any atom is -0.356 e. The molecule has 2 aromatic rings. The number of hydrogen-bond donors (Lipinski definition) is 1. The highest BCUT2D eigenvalue weighted by atomic mass is 32.1. The number of nitrogens with one attached hydrogen (secondary N) is 1. The molecule has 1 amide bonds. The Kier molecular flexibility index (Phi) is 5.48. The molecule has 0 saturated carbocycles. The zero-order valence-corrected chi connectivity index (χ0v) is 17.4. The van der Waals surface area contributed by atoms with E-state index in [1.807, 2.05) is 6.92 Å². The molecular weight excluding hydrogens is 360 g/mol.